The summed E-state index contributed by atoms with van der Waals surface area (Å²) >= 11 is 1.45. The summed E-state index contributed by atoms with van der Waals surface area (Å²) in [6.45, 7) is 0.937. The van der Waals surface area contributed by atoms with Crippen molar-refractivity contribution < 1.29 is 14.0 Å². The molecule has 1 saturated carbocycles. The number of rotatable bonds is 3. The maximum atomic E-state index is 14.1. The van der Waals surface area contributed by atoms with Crippen molar-refractivity contribution in [1.82, 2.24) is 4.90 Å². The van der Waals surface area contributed by atoms with Gasteiger partial charge in [0.25, 0.3) is 5.91 Å². The number of halogens is 1. The first kappa shape index (κ1) is 16.8. The Hall–Kier alpha value is -2.34. The van der Waals surface area contributed by atoms with E-state index >= 15 is 0 Å². The van der Waals surface area contributed by atoms with Gasteiger partial charge in [0.1, 0.15) is 5.82 Å². The Morgan fingerprint density at radius 3 is 2.70 bits per heavy atom. The molecule has 0 aromatic heterocycles. The van der Waals surface area contributed by atoms with Crippen molar-refractivity contribution in [2.75, 3.05) is 17.2 Å². The second-order valence-electron chi connectivity index (χ2n) is 7.29. The summed E-state index contributed by atoms with van der Waals surface area (Å²) in [6, 6.07) is 14.2. The molecular formula is C21H19FN2O2S. The van der Waals surface area contributed by atoms with Gasteiger partial charge in [-0.05, 0) is 36.6 Å². The summed E-state index contributed by atoms with van der Waals surface area (Å²) in [6.07, 6.45) is 1.77. The first-order chi connectivity index (χ1) is 13.1. The molecule has 2 fully saturated rings. The second kappa shape index (κ2) is 6.09. The van der Waals surface area contributed by atoms with Crippen molar-refractivity contribution in [3.05, 3.63) is 65.5 Å². The second-order valence-corrected chi connectivity index (χ2v) is 8.58. The van der Waals surface area contributed by atoms with Crippen molar-refractivity contribution in [3.63, 3.8) is 0 Å². The number of hydrogen-bond acceptors (Lipinski definition) is 3. The monoisotopic (exact) mass is 382 g/mol. The van der Waals surface area contributed by atoms with Crippen molar-refractivity contribution in [1.29, 1.82) is 0 Å². The van der Waals surface area contributed by atoms with Crippen molar-refractivity contribution in [2.45, 2.75) is 24.3 Å². The number of carbonyl (C=O) groups excluding carboxylic acids is 2. The van der Waals surface area contributed by atoms with Gasteiger partial charge in [-0.2, -0.15) is 0 Å². The van der Waals surface area contributed by atoms with E-state index in [-0.39, 0.29) is 23.5 Å². The van der Waals surface area contributed by atoms with E-state index in [1.54, 1.807) is 15.9 Å². The number of fused-ring (bicyclic) bond motifs is 2. The number of thioether (sulfide) groups is 1. The molecule has 0 bridgehead atoms. The van der Waals surface area contributed by atoms with Crippen molar-refractivity contribution in [2.24, 2.45) is 5.92 Å². The van der Waals surface area contributed by atoms with Crippen LogP contribution in [0.25, 0.3) is 0 Å². The molecule has 1 saturated heterocycles. The molecule has 1 aliphatic carbocycles. The lowest BCUT2D eigenvalue weighted by Crippen LogP contribution is -2.50. The average molecular weight is 382 g/mol. The lowest BCUT2D eigenvalue weighted by molar-refractivity contribution is -0.141. The molecule has 1 spiro atoms. The van der Waals surface area contributed by atoms with E-state index < -0.39 is 4.87 Å². The predicted molar refractivity (Wildman–Crippen MR) is 103 cm³/mol. The summed E-state index contributed by atoms with van der Waals surface area (Å²) in [5.74, 6) is 0.218. The smallest absolute Gasteiger partial charge is 0.268 e. The molecule has 0 radical (unpaired) electrons. The fourth-order valence-electron chi connectivity index (χ4n) is 4.08. The highest BCUT2D eigenvalue weighted by atomic mass is 32.2. The molecule has 2 aliphatic heterocycles. The Labute approximate surface area is 161 Å². The normalized spacial score (nSPS) is 24.0. The quantitative estimate of drug-likeness (QED) is 0.816. The molecular weight excluding hydrogens is 363 g/mol. The topological polar surface area (TPSA) is 40.6 Å². The van der Waals surface area contributed by atoms with Crippen LogP contribution in [0.3, 0.4) is 0 Å². The standard InChI is InChI=1S/C21H19FN2O2S/c22-16-8-9-18-17(12-16)21(24(10-11-27-21)19(25)15-6-7-15)20(26)23(18)13-14-4-2-1-3-5-14/h1-5,8-9,12,15H,6-7,10-11,13H2/t21-/m0/s1. The zero-order valence-electron chi connectivity index (χ0n) is 14.7. The highest BCUT2D eigenvalue weighted by molar-refractivity contribution is 8.01. The van der Waals surface area contributed by atoms with Gasteiger partial charge in [0.2, 0.25) is 5.91 Å². The van der Waals surface area contributed by atoms with Crippen LogP contribution in [0.15, 0.2) is 48.5 Å². The Morgan fingerprint density at radius 1 is 1.19 bits per heavy atom. The minimum absolute atomic E-state index is 0.0218. The zero-order valence-corrected chi connectivity index (χ0v) is 15.5. The summed E-state index contributed by atoms with van der Waals surface area (Å²) in [4.78, 5) is 28.9. The molecule has 138 valence electrons. The third-order valence-corrected chi connectivity index (χ3v) is 6.95. The van der Waals surface area contributed by atoms with Gasteiger partial charge in [-0.25, -0.2) is 4.39 Å². The first-order valence-corrected chi connectivity index (χ1v) is 10.2. The number of benzene rings is 2. The van der Waals surface area contributed by atoms with Gasteiger partial charge in [-0.1, -0.05) is 30.3 Å². The summed E-state index contributed by atoms with van der Waals surface area (Å²) in [5.41, 5.74) is 2.31. The highest BCUT2D eigenvalue weighted by Gasteiger charge is 2.60. The van der Waals surface area contributed by atoms with Crippen LogP contribution >= 0.6 is 11.8 Å². The van der Waals surface area contributed by atoms with Gasteiger partial charge in [0.15, 0.2) is 4.87 Å². The van der Waals surface area contributed by atoms with E-state index in [4.69, 9.17) is 0 Å². The van der Waals surface area contributed by atoms with Crippen molar-refractivity contribution in [3.8, 4) is 0 Å². The number of amides is 2. The molecule has 27 heavy (non-hydrogen) atoms. The molecule has 0 N–H and O–H groups in total. The highest BCUT2D eigenvalue weighted by Crippen LogP contribution is 2.55. The fourth-order valence-corrected chi connectivity index (χ4v) is 5.54. The van der Waals surface area contributed by atoms with E-state index in [1.807, 2.05) is 30.3 Å². The van der Waals surface area contributed by atoms with E-state index in [2.05, 4.69) is 0 Å². The van der Waals surface area contributed by atoms with Gasteiger partial charge in [-0.15, -0.1) is 11.8 Å². The van der Waals surface area contributed by atoms with Crippen LogP contribution < -0.4 is 4.90 Å². The lowest BCUT2D eigenvalue weighted by Gasteiger charge is -2.33. The van der Waals surface area contributed by atoms with Crippen LogP contribution in [-0.2, 0) is 21.0 Å². The maximum absolute atomic E-state index is 14.1. The maximum Gasteiger partial charge on any atom is 0.268 e. The molecule has 1 atom stereocenters. The SMILES string of the molecule is O=C(C1CC1)N1CCS[C@@]12C(=O)N(Cc1ccccc1)c1ccc(F)cc12. The Bertz CT molecular complexity index is 931. The minimum Gasteiger partial charge on any atom is -0.315 e. The predicted octanol–water partition coefficient (Wildman–Crippen LogP) is 3.51. The van der Waals surface area contributed by atoms with Gasteiger partial charge in [0.05, 0.1) is 12.2 Å². The summed E-state index contributed by atoms with van der Waals surface area (Å²) in [7, 11) is 0. The molecule has 2 aromatic rings. The number of hydrogen-bond donors (Lipinski definition) is 0. The molecule has 4 nitrogen and oxygen atoms in total. The Morgan fingerprint density at radius 2 is 1.96 bits per heavy atom. The Balaban J connectivity index is 1.61. The molecule has 2 aromatic carbocycles. The van der Waals surface area contributed by atoms with E-state index in [0.29, 0.717) is 30.1 Å². The van der Waals surface area contributed by atoms with Gasteiger partial charge in [-0.3, -0.25) is 9.59 Å². The van der Waals surface area contributed by atoms with Gasteiger partial charge >= 0.3 is 0 Å². The average Bonchev–Trinajstić information content (AvgIpc) is 3.40. The lowest BCUT2D eigenvalue weighted by atomic mass is 10.0. The first-order valence-electron chi connectivity index (χ1n) is 9.22. The van der Waals surface area contributed by atoms with Crippen molar-refractivity contribution >= 4 is 29.3 Å². The molecule has 0 unspecified atom stereocenters. The molecule has 2 heterocycles. The third kappa shape index (κ3) is 2.50. The summed E-state index contributed by atoms with van der Waals surface area (Å²) < 4.78 is 14.1. The fraction of sp³-hybridized carbons (Fsp3) is 0.333. The van der Waals surface area contributed by atoms with E-state index in [0.717, 1.165) is 18.4 Å². The Kier molecular flexibility index (Phi) is 3.79. The van der Waals surface area contributed by atoms with Crippen LogP contribution in [-0.4, -0.2) is 29.0 Å². The molecule has 3 aliphatic rings. The van der Waals surface area contributed by atoms with Crippen LogP contribution in [0.4, 0.5) is 10.1 Å². The number of anilines is 1. The van der Waals surface area contributed by atoms with Crippen LogP contribution in [0.2, 0.25) is 0 Å². The van der Waals surface area contributed by atoms with Gasteiger partial charge in [0, 0.05) is 23.8 Å². The molecule has 5 rings (SSSR count). The van der Waals surface area contributed by atoms with Crippen LogP contribution in [0, 0.1) is 11.7 Å². The molecule has 2 amide bonds. The summed E-state index contributed by atoms with van der Waals surface area (Å²) in [5, 5.41) is 0. The number of carbonyl (C=O) groups is 2. The zero-order chi connectivity index (χ0) is 18.6. The van der Waals surface area contributed by atoms with E-state index in [1.165, 1.54) is 23.9 Å². The van der Waals surface area contributed by atoms with Gasteiger partial charge < -0.3 is 9.80 Å². The number of nitrogens with zero attached hydrogens (tertiary/aromatic N) is 2. The minimum atomic E-state index is -1.12. The third-order valence-electron chi connectivity index (χ3n) is 5.53. The van der Waals surface area contributed by atoms with E-state index in [9.17, 15) is 14.0 Å². The van der Waals surface area contributed by atoms with Crippen LogP contribution in [0.5, 0.6) is 0 Å². The van der Waals surface area contributed by atoms with Crippen LogP contribution in [0.1, 0.15) is 24.0 Å². The largest absolute Gasteiger partial charge is 0.315 e. The molecule has 6 heteroatoms.